The number of likely N-dealkylation sites (tertiary alicyclic amines) is 1. The Bertz CT molecular complexity index is 410. The molecule has 120 valence electrons. The van der Waals surface area contributed by atoms with Crippen molar-refractivity contribution in [1.29, 1.82) is 0 Å². The number of hydrogen-bond donors (Lipinski definition) is 1. The van der Waals surface area contributed by atoms with Crippen molar-refractivity contribution in [3.05, 3.63) is 0 Å². The molecule has 1 N–H and O–H groups in total. The van der Waals surface area contributed by atoms with E-state index >= 15 is 0 Å². The smallest absolute Gasteiger partial charge is 0.406 e. The summed E-state index contributed by atoms with van der Waals surface area (Å²) in [5.41, 5.74) is 0. The zero-order valence-corrected chi connectivity index (χ0v) is 11.6. The van der Waals surface area contributed by atoms with Crippen LogP contribution >= 0.6 is 0 Å². The second kappa shape index (κ2) is 6.11. The van der Waals surface area contributed by atoms with E-state index < -0.39 is 24.7 Å². The van der Waals surface area contributed by atoms with Crippen molar-refractivity contribution in [1.82, 2.24) is 9.80 Å². The molecule has 1 heterocycles. The van der Waals surface area contributed by atoms with Crippen molar-refractivity contribution < 1.29 is 27.9 Å². The van der Waals surface area contributed by atoms with E-state index in [4.69, 9.17) is 5.11 Å². The third kappa shape index (κ3) is 4.78. The van der Waals surface area contributed by atoms with Gasteiger partial charge in [0.1, 0.15) is 6.54 Å². The van der Waals surface area contributed by atoms with Crippen LogP contribution in [0.25, 0.3) is 0 Å². The minimum Gasteiger partial charge on any atom is -0.481 e. The number of alkyl halides is 3. The minimum absolute atomic E-state index is 0.0294. The van der Waals surface area contributed by atoms with Crippen LogP contribution in [0.3, 0.4) is 0 Å². The average Bonchev–Trinajstić information content (AvgIpc) is 3.10. The van der Waals surface area contributed by atoms with Crippen LogP contribution in [0, 0.1) is 5.92 Å². The van der Waals surface area contributed by atoms with Crippen LogP contribution in [0.4, 0.5) is 18.0 Å². The fourth-order valence-electron chi connectivity index (χ4n) is 2.68. The summed E-state index contributed by atoms with van der Waals surface area (Å²) in [5, 5.41) is 8.63. The van der Waals surface area contributed by atoms with Crippen molar-refractivity contribution in [3.63, 3.8) is 0 Å². The summed E-state index contributed by atoms with van der Waals surface area (Å²) < 4.78 is 37.6. The van der Waals surface area contributed by atoms with E-state index in [0.29, 0.717) is 38.8 Å². The molecular weight excluding hydrogens is 289 g/mol. The van der Waals surface area contributed by atoms with Gasteiger partial charge in [0, 0.05) is 25.6 Å². The quantitative estimate of drug-likeness (QED) is 0.848. The first-order valence-electron chi connectivity index (χ1n) is 7.10. The lowest BCUT2D eigenvalue weighted by atomic mass is 10.0. The summed E-state index contributed by atoms with van der Waals surface area (Å²) in [7, 11) is 0. The Morgan fingerprint density at radius 1 is 1.24 bits per heavy atom. The van der Waals surface area contributed by atoms with E-state index in [2.05, 4.69) is 0 Å². The Hall–Kier alpha value is -1.47. The monoisotopic (exact) mass is 308 g/mol. The molecule has 8 heteroatoms. The number of urea groups is 1. The third-order valence-electron chi connectivity index (χ3n) is 3.91. The third-order valence-corrected chi connectivity index (χ3v) is 3.91. The molecule has 0 aromatic carbocycles. The van der Waals surface area contributed by atoms with Gasteiger partial charge in [0.2, 0.25) is 0 Å². The van der Waals surface area contributed by atoms with Crippen LogP contribution < -0.4 is 0 Å². The van der Waals surface area contributed by atoms with E-state index in [1.165, 1.54) is 4.90 Å². The van der Waals surface area contributed by atoms with Crippen molar-refractivity contribution in [2.45, 2.75) is 44.3 Å². The van der Waals surface area contributed by atoms with Crippen molar-refractivity contribution in [2.24, 2.45) is 5.92 Å². The van der Waals surface area contributed by atoms with Gasteiger partial charge >= 0.3 is 18.2 Å². The maximum atomic E-state index is 12.5. The highest BCUT2D eigenvalue weighted by Crippen LogP contribution is 2.32. The summed E-state index contributed by atoms with van der Waals surface area (Å²) in [6.07, 6.45) is -2.00. The first-order valence-corrected chi connectivity index (χ1v) is 7.10. The second-order valence-corrected chi connectivity index (χ2v) is 5.79. The number of hydrogen-bond acceptors (Lipinski definition) is 2. The number of carboxylic acids is 1. The Balaban J connectivity index is 1.88. The molecule has 1 unspecified atom stereocenters. The minimum atomic E-state index is -4.39. The predicted octanol–water partition coefficient (Wildman–Crippen LogP) is 2.32. The lowest BCUT2D eigenvalue weighted by Crippen LogP contribution is -2.47. The molecule has 1 aliphatic heterocycles. The Labute approximate surface area is 120 Å². The molecule has 2 aliphatic rings. The van der Waals surface area contributed by atoms with Gasteiger partial charge in [-0.2, -0.15) is 13.2 Å². The van der Waals surface area contributed by atoms with Crippen LogP contribution in [0.15, 0.2) is 0 Å². The summed E-state index contributed by atoms with van der Waals surface area (Å²) >= 11 is 0. The largest absolute Gasteiger partial charge is 0.481 e. The van der Waals surface area contributed by atoms with Crippen LogP contribution in [0.2, 0.25) is 0 Å². The number of carboxylic acid groups (broad SMARTS) is 1. The van der Waals surface area contributed by atoms with Gasteiger partial charge in [0.05, 0.1) is 0 Å². The van der Waals surface area contributed by atoms with Crippen LogP contribution in [0.5, 0.6) is 0 Å². The molecular formula is C13H19F3N2O3. The average molecular weight is 308 g/mol. The summed E-state index contributed by atoms with van der Waals surface area (Å²) in [4.78, 5) is 25.1. The van der Waals surface area contributed by atoms with Gasteiger partial charge in [0.15, 0.2) is 0 Å². The maximum Gasteiger partial charge on any atom is 0.406 e. The number of halogens is 3. The molecule has 2 rings (SSSR count). The zero-order chi connectivity index (χ0) is 15.6. The molecule has 0 bridgehead atoms. The van der Waals surface area contributed by atoms with Gasteiger partial charge in [0.25, 0.3) is 0 Å². The van der Waals surface area contributed by atoms with Gasteiger partial charge in [-0.15, -0.1) is 0 Å². The highest BCUT2D eigenvalue weighted by molar-refractivity contribution is 5.75. The van der Waals surface area contributed by atoms with Crippen LogP contribution in [0.1, 0.15) is 32.1 Å². The number of carbonyl (C=O) groups is 2. The molecule has 2 amide bonds. The topological polar surface area (TPSA) is 60.9 Å². The molecule has 0 aromatic rings. The fourth-order valence-corrected chi connectivity index (χ4v) is 2.68. The van der Waals surface area contributed by atoms with Gasteiger partial charge in [-0.3, -0.25) is 4.79 Å². The van der Waals surface area contributed by atoms with E-state index in [9.17, 15) is 22.8 Å². The molecule has 0 spiro atoms. The normalized spacial score (nSPS) is 22.4. The summed E-state index contributed by atoms with van der Waals surface area (Å²) in [6.45, 7) is -0.440. The highest BCUT2D eigenvalue weighted by atomic mass is 19.4. The van der Waals surface area contributed by atoms with Crippen LogP contribution in [-0.4, -0.2) is 58.8 Å². The first-order chi connectivity index (χ1) is 9.76. The Kier molecular flexibility index (Phi) is 4.63. The van der Waals surface area contributed by atoms with E-state index in [1.807, 2.05) is 0 Å². The van der Waals surface area contributed by atoms with Gasteiger partial charge < -0.3 is 14.9 Å². The first kappa shape index (κ1) is 15.9. The lowest BCUT2D eigenvalue weighted by molar-refractivity contribution is -0.142. The Morgan fingerprint density at radius 3 is 2.43 bits per heavy atom. The number of amides is 2. The molecule has 0 aromatic heterocycles. The Morgan fingerprint density at radius 2 is 1.90 bits per heavy atom. The standard InChI is InChI=1S/C13H19F3N2O3/c14-13(15,16)8-18(10-2-3-10)12(21)17-6-5-9(7-17)1-4-11(19)20/h9-10H,1-8H2,(H,19,20). The van der Waals surface area contributed by atoms with Crippen molar-refractivity contribution in [2.75, 3.05) is 19.6 Å². The van der Waals surface area contributed by atoms with E-state index in [0.717, 1.165) is 4.90 Å². The van der Waals surface area contributed by atoms with E-state index in [-0.39, 0.29) is 18.4 Å². The molecule has 2 fully saturated rings. The maximum absolute atomic E-state index is 12.5. The second-order valence-electron chi connectivity index (χ2n) is 5.79. The highest BCUT2D eigenvalue weighted by Gasteiger charge is 2.43. The molecule has 1 saturated carbocycles. The number of rotatable bonds is 5. The molecule has 1 saturated heterocycles. The van der Waals surface area contributed by atoms with Crippen molar-refractivity contribution in [3.8, 4) is 0 Å². The fraction of sp³-hybridized carbons (Fsp3) is 0.846. The molecule has 1 aliphatic carbocycles. The molecule has 21 heavy (non-hydrogen) atoms. The van der Waals surface area contributed by atoms with Gasteiger partial charge in [-0.25, -0.2) is 4.79 Å². The van der Waals surface area contributed by atoms with Gasteiger partial charge in [-0.05, 0) is 31.6 Å². The molecule has 5 nitrogen and oxygen atoms in total. The van der Waals surface area contributed by atoms with E-state index in [1.54, 1.807) is 0 Å². The predicted molar refractivity (Wildman–Crippen MR) is 67.7 cm³/mol. The number of carbonyl (C=O) groups excluding carboxylic acids is 1. The lowest BCUT2D eigenvalue weighted by Gasteiger charge is -2.29. The number of nitrogens with zero attached hydrogens (tertiary/aromatic N) is 2. The summed E-state index contributed by atoms with van der Waals surface area (Å²) in [5.74, 6) is -0.826. The van der Waals surface area contributed by atoms with Gasteiger partial charge in [-0.1, -0.05) is 0 Å². The molecule has 1 atom stereocenters. The van der Waals surface area contributed by atoms with Crippen LogP contribution in [-0.2, 0) is 4.79 Å². The number of aliphatic carboxylic acids is 1. The van der Waals surface area contributed by atoms with Crippen molar-refractivity contribution >= 4 is 12.0 Å². The molecule has 0 radical (unpaired) electrons. The summed E-state index contributed by atoms with van der Waals surface area (Å²) in [6, 6.07) is -0.857. The SMILES string of the molecule is O=C(O)CCC1CCN(C(=O)N(CC(F)(F)F)C2CC2)C1. The zero-order valence-electron chi connectivity index (χ0n) is 11.6.